The molecule has 0 heterocycles. The molecular weight excluding hydrogens is 1230 g/mol. The summed E-state index contributed by atoms with van der Waals surface area (Å²) in [6.07, 6.45) is 11.5. The summed E-state index contributed by atoms with van der Waals surface area (Å²) in [4.78, 5) is 61.1. The average Bonchev–Trinajstić information content (AvgIpc) is 3.62. The fraction of sp³-hybridized carbons (Fsp3) is 0.281. The summed E-state index contributed by atoms with van der Waals surface area (Å²) in [5.74, 6) is 3.96. The molecule has 0 bridgehead atoms. The Labute approximate surface area is 579 Å². The molecule has 0 amide bonds. The van der Waals surface area contributed by atoms with E-state index in [1.165, 1.54) is 60.9 Å². The van der Waals surface area contributed by atoms with Crippen molar-refractivity contribution < 1.29 is 184 Å². The van der Waals surface area contributed by atoms with E-state index in [0.29, 0.717) is 27.5 Å². The van der Waals surface area contributed by atoms with Gasteiger partial charge in [0.15, 0.2) is 0 Å². The number of terminal acetylenes is 2. The van der Waals surface area contributed by atoms with Gasteiger partial charge in [0.2, 0.25) is 0 Å². The summed E-state index contributed by atoms with van der Waals surface area (Å²) in [7, 11) is -0.171. The molecule has 0 aliphatic heterocycles. The van der Waals surface area contributed by atoms with Crippen LogP contribution in [0.5, 0.6) is 11.5 Å². The van der Waals surface area contributed by atoms with Gasteiger partial charge in [0.25, 0.3) is 26.5 Å². The monoisotopic (exact) mass is 1300 g/mol. The van der Waals surface area contributed by atoms with Crippen molar-refractivity contribution in [1.29, 1.82) is 0 Å². The Hall–Kier alpha value is -5.28. The first-order valence-corrected chi connectivity index (χ1v) is 28.1. The van der Waals surface area contributed by atoms with Crippen LogP contribution in [0.2, 0.25) is 0 Å². The maximum Gasteiger partial charge on any atom is 1.00 e. The van der Waals surface area contributed by atoms with Crippen LogP contribution in [0.25, 0.3) is 21.5 Å². The normalized spacial score (nSPS) is 10.9. The van der Waals surface area contributed by atoms with E-state index in [2.05, 4.69) is 42.1 Å². The molecule has 6 aromatic carbocycles. The van der Waals surface area contributed by atoms with Crippen LogP contribution in [0.15, 0.2) is 131 Å². The summed E-state index contributed by atoms with van der Waals surface area (Å²) in [5, 5.41) is 11.4. The van der Waals surface area contributed by atoms with Gasteiger partial charge in [0.1, 0.15) is 33.2 Å². The quantitative estimate of drug-likeness (QED) is 0.0144. The third-order valence-electron chi connectivity index (χ3n) is 11.8. The van der Waals surface area contributed by atoms with Crippen molar-refractivity contribution in [3.63, 3.8) is 0 Å². The molecule has 2 atom stereocenters. The fourth-order valence-electron chi connectivity index (χ4n) is 7.91. The Bertz CT molecular complexity index is 3440. The molecule has 0 aromatic heterocycles. The van der Waals surface area contributed by atoms with Crippen LogP contribution in [-0.2, 0) is 67.9 Å². The van der Waals surface area contributed by atoms with Gasteiger partial charge in [-0.15, -0.1) is 12.8 Å². The molecule has 0 aliphatic carbocycles. The number of rotatable bonds is 22. The Morgan fingerprint density at radius 3 is 1.37 bits per heavy atom. The summed E-state index contributed by atoms with van der Waals surface area (Å²) in [5.41, 5.74) is 2.18. The number of carbonyl (C=O) groups excluding carboxylic acids is 5. The Morgan fingerprint density at radius 2 is 0.964 bits per heavy atom. The van der Waals surface area contributed by atoms with Crippen LogP contribution in [0.4, 0.5) is 22.7 Å². The van der Waals surface area contributed by atoms with Crippen molar-refractivity contribution in [1.82, 2.24) is 0 Å². The molecule has 83 heavy (non-hydrogen) atoms. The van der Waals surface area contributed by atoms with Gasteiger partial charge in [-0.3, -0.25) is 33.0 Å². The standard InChI is InChI=1S/C28H30N2O7S.C25H26N2O5S.C3H5BrO2.CH2O3.2K.H/c1-6-17-29(20(2)18-27(31)36-4)23-15-16-24(22-12-8-7-11-21(22)23)30(19-28(32)37-5)38(33,34)26-14-10-9-13-25(26)35-3;1-5-16-27(18(2)17-25(28)32-4)22-15-14-21(19-10-6-7-11-20(19)22)26-33(29,30)24-13-9-8-12-23(24)31-3;1-6-3(5)2-4;2-1-4-3;;;/h1,7-16,20H,17-19H2,2-5H3;1,6-15,18,26H,16-17H2,2-4H3;2H2,1H3;1,3H;;;/q;;;;2*+1;-1/p-1/t20-;18-;;;;;/m00...../s1. The summed E-state index contributed by atoms with van der Waals surface area (Å²) in [6.45, 7) is 3.47. The van der Waals surface area contributed by atoms with Crippen molar-refractivity contribution in [2.75, 3.05) is 86.5 Å². The number of sulfonamides is 2. The molecule has 1 N–H and O–H groups in total. The Kier molecular flexibility index (Phi) is 35.2. The number of ether oxygens (including phenoxy) is 6. The average molecular weight is 1300 g/mol. The molecule has 0 saturated heterocycles. The van der Waals surface area contributed by atoms with Crippen LogP contribution in [0.1, 0.15) is 28.1 Å². The molecule has 0 spiro atoms. The first kappa shape index (κ1) is 75.7. The van der Waals surface area contributed by atoms with E-state index in [4.69, 9.17) is 46.6 Å². The molecule has 0 saturated carbocycles. The maximum absolute atomic E-state index is 13.9. The minimum atomic E-state index is -4.27. The number of fused-ring (bicyclic) bond motifs is 2. The van der Waals surface area contributed by atoms with Crippen molar-refractivity contribution in [3.8, 4) is 36.2 Å². The van der Waals surface area contributed by atoms with Crippen LogP contribution < -0.4 is 136 Å². The molecular formula is C57H63BrK2N4O17S2. The van der Waals surface area contributed by atoms with E-state index in [1.54, 1.807) is 66.7 Å². The summed E-state index contributed by atoms with van der Waals surface area (Å²) >= 11 is 2.90. The van der Waals surface area contributed by atoms with Crippen LogP contribution in [0.3, 0.4) is 0 Å². The van der Waals surface area contributed by atoms with E-state index in [-0.39, 0.29) is 199 Å². The maximum atomic E-state index is 13.9. The second-order valence-corrected chi connectivity index (χ2v) is 20.7. The van der Waals surface area contributed by atoms with E-state index >= 15 is 0 Å². The molecule has 0 aliphatic rings. The van der Waals surface area contributed by atoms with Crippen molar-refractivity contribution in [3.05, 3.63) is 121 Å². The first-order chi connectivity index (χ1) is 38.7. The van der Waals surface area contributed by atoms with Gasteiger partial charge >= 0.3 is 127 Å². The van der Waals surface area contributed by atoms with E-state index in [1.807, 2.05) is 60.0 Å². The third-order valence-corrected chi connectivity index (χ3v) is 15.4. The van der Waals surface area contributed by atoms with Crippen LogP contribution in [0, 0.1) is 24.7 Å². The molecule has 26 heteroatoms. The zero-order valence-corrected chi connectivity index (χ0v) is 57.1. The number of para-hydroxylation sites is 2. The topological polar surface area (TPSA) is 263 Å². The number of hydrogen-bond donors (Lipinski definition) is 1. The van der Waals surface area contributed by atoms with Crippen molar-refractivity contribution >= 4 is 111 Å². The van der Waals surface area contributed by atoms with Crippen molar-refractivity contribution in [2.24, 2.45) is 0 Å². The molecule has 0 unspecified atom stereocenters. The second kappa shape index (κ2) is 38.6. The second-order valence-electron chi connectivity index (χ2n) is 16.6. The predicted octanol–water partition coefficient (Wildman–Crippen LogP) is 0.758. The third kappa shape index (κ3) is 21.6. The Morgan fingerprint density at radius 1 is 0.590 bits per heavy atom. The number of hydrogen-bond acceptors (Lipinski definition) is 19. The van der Waals surface area contributed by atoms with Gasteiger partial charge in [-0.25, -0.2) is 16.8 Å². The Balaban J connectivity index is 0.00000138. The van der Waals surface area contributed by atoms with E-state index in [9.17, 15) is 36.0 Å². The molecule has 6 aromatic rings. The van der Waals surface area contributed by atoms with Gasteiger partial charge in [-0.2, -0.15) is 0 Å². The number of halogens is 1. The zero-order valence-electron chi connectivity index (χ0n) is 48.7. The minimum Gasteiger partial charge on any atom is -1.00 e. The first-order valence-electron chi connectivity index (χ1n) is 24.0. The number of nitrogens with zero attached hydrogens (tertiary/aromatic N) is 3. The molecule has 6 rings (SSSR count). The van der Waals surface area contributed by atoms with Gasteiger partial charge < -0.3 is 49.8 Å². The molecule has 434 valence electrons. The number of carbonyl (C=O) groups is 5. The van der Waals surface area contributed by atoms with Crippen LogP contribution >= 0.6 is 15.9 Å². The van der Waals surface area contributed by atoms with Gasteiger partial charge in [0, 0.05) is 45.0 Å². The number of esters is 4. The van der Waals surface area contributed by atoms with Crippen molar-refractivity contribution in [2.45, 2.75) is 48.6 Å². The number of nitrogens with one attached hydrogen (secondary N) is 1. The number of alkyl halides is 1. The van der Waals surface area contributed by atoms with E-state index < -0.39 is 32.6 Å². The van der Waals surface area contributed by atoms with Gasteiger partial charge in [-0.05, 0) is 62.4 Å². The number of methoxy groups -OCH3 is 6. The number of benzene rings is 6. The van der Waals surface area contributed by atoms with Gasteiger partial charge in [0.05, 0.1) is 80.0 Å². The van der Waals surface area contributed by atoms with E-state index in [0.717, 1.165) is 15.4 Å². The summed E-state index contributed by atoms with van der Waals surface area (Å²) in [6, 6.07) is 33.5. The van der Waals surface area contributed by atoms with Crippen LogP contribution in [-0.4, -0.2) is 127 Å². The largest absolute Gasteiger partial charge is 1.00 e. The fourth-order valence-corrected chi connectivity index (χ4v) is 11.0. The summed E-state index contributed by atoms with van der Waals surface area (Å²) < 4.78 is 87.0. The zero-order chi connectivity index (χ0) is 60.3. The van der Waals surface area contributed by atoms with Gasteiger partial charge in [-0.1, -0.05) is 101 Å². The smallest absolute Gasteiger partial charge is 1.00 e. The SMILES string of the molecule is C#CCN(c1ccc(N(CC(=O)OC)S(=O)(=O)c2ccccc2OC)c2ccccc12)[C@@H](C)CC(=O)OC.C#CCN(c1ccc(NS(=O)(=O)c2ccccc2OC)c2ccccc12)[C@@H](C)CC(=O)OC.COC(=O)CBr.O=CO[O-].[H-].[K+].[K+]. The number of anilines is 4. The molecule has 0 fully saturated rings. The predicted molar refractivity (Wildman–Crippen MR) is 310 cm³/mol. The molecule has 0 radical (unpaired) electrons. The minimum absolute atomic E-state index is 0. The molecule has 21 nitrogen and oxygen atoms in total.